The van der Waals surface area contributed by atoms with Crippen LogP contribution in [-0.4, -0.2) is 11.7 Å². The van der Waals surface area contributed by atoms with Crippen molar-refractivity contribution >= 4 is 23.2 Å². The van der Waals surface area contributed by atoms with Crippen LogP contribution in [0.25, 0.3) is 0 Å². The van der Waals surface area contributed by atoms with Gasteiger partial charge in [-0.05, 0) is 36.2 Å². The standard InChI is InChI=1S/C16H16Cl2O2/c1-2-9-20-13-6-3-11(4-7-13)16(19)14-8-5-12(17)10-15(14)18/h3-8,10,16,19H,2,9H2,1H3. The molecule has 106 valence electrons. The minimum Gasteiger partial charge on any atom is -0.494 e. The number of hydrogen-bond acceptors (Lipinski definition) is 2. The van der Waals surface area contributed by atoms with Gasteiger partial charge in [0, 0.05) is 15.6 Å². The molecule has 2 aromatic rings. The van der Waals surface area contributed by atoms with Crippen LogP contribution in [0.2, 0.25) is 10.0 Å². The van der Waals surface area contributed by atoms with Gasteiger partial charge in [-0.25, -0.2) is 0 Å². The molecule has 0 aromatic heterocycles. The Kier molecular flexibility index (Phi) is 5.30. The highest BCUT2D eigenvalue weighted by Crippen LogP contribution is 2.31. The first kappa shape index (κ1) is 15.2. The third kappa shape index (κ3) is 3.66. The van der Waals surface area contributed by atoms with Crippen LogP contribution in [-0.2, 0) is 0 Å². The van der Waals surface area contributed by atoms with E-state index in [9.17, 15) is 5.11 Å². The second-order valence-electron chi connectivity index (χ2n) is 4.49. The SMILES string of the molecule is CCCOc1ccc(C(O)c2ccc(Cl)cc2Cl)cc1. The topological polar surface area (TPSA) is 29.5 Å². The van der Waals surface area contributed by atoms with Crippen LogP contribution in [0, 0.1) is 0 Å². The van der Waals surface area contributed by atoms with Gasteiger partial charge in [-0.3, -0.25) is 0 Å². The predicted molar refractivity (Wildman–Crippen MR) is 82.8 cm³/mol. The summed E-state index contributed by atoms with van der Waals surface area (Å²) in [6.07, 6.45) is 0.185. The van der Waals surface area contributed by atoms with Gasteiger partial charge in [-0.2, -0.15) is 0 Å². The second kappa shape index (κ2) is 6.98. The van der Waals surface area contributed by atoms with E-state index in [1.807, 2.05) is 24.3 Å². The first-order valence-electron chi connectivity index (χ1n) is 6.47. The molecule has 4 heteroatoms. The Balaban J connectivity index is 2.18. The molecule has 0 aliphatic heterocycles. The number of rotatable bonds is 5. The quantitative estimate of drug-likeness (QED) is 0.854. The van der Waals surface area contributed by atoms with E-state index in [0.717, 1.165) is 17.7 Å². The third-order valence-electron chi connectivity index (χ3n) is 2.93. The third-order valence-corrected chi connectivity index (χ3v) is 3.49. The molecule has 0 radical (unpaired) electrons. The Labute approximate surface area is 128 Å². The van der Waals surface area contributed by atoms with Crippen molar-refractivity contribution in [3.8, 4) is 5.75 Å². The van der Waals surface area contributed by atoms with E-state index in [1.165, 1.54) is 0 Å². The van der Waals surface area contributed by atoms with Crippen molar-refractivity contribution < 1.29 is 9.84 Å². The van der Waals surface area contributed by atoms with E-state index >= 15 is 0 Å². The summed E-state index contributed by atoms with van der Waals surface area (Å²) >= 11 is 12.0. The Morgan fingerprint density at radius 1 is 1.10 bits per heavy atom. The van der Waals surface area contributed by atoms with Crippen LogP contribution < -0.4 is 4.74 Å². The van der Waals surface area contributed by atoms with Crippen molar-refractivity contribution in [2.75, 3.05) is 6.61 Å². The molecule has 20 heavy (non-hydrogen) atoms. The molecule has 0 spiro atoms. The maximum atomic E-state index is 10.4. The van der Waals surface area contributed by atoms with Gasteiger partial charge in [0.25, 0.3) is 0 Å². The molecule has 0 amide bonds. The minimum atomic E-state index is -0.778. The Bertz CT molecular complexity index is 567. The summed E-state index contributed by atoms with van der Waals surface area (Å²) in [5, 5.41) is 11.4. The van der Waals surface area contributed by atoms with E-state index in [-0.39, 0.29) is 0 Å². The Hall–Kier alpha value is -1.22. The molecule has 1 atom stereocenters. The maximum Gasteiger partial charge on any atom is 0.119 e. The molecule has 0 heterocycles. The largest absolute Gasteiger partial charge is 0.494 e. The fraction of sp³-hybridized carbons (Fsp3) is 0.250. The molecule has 2 nitrogen and oxygen atoms in total. The molecule has 2 aromatic carbocycles. The van der Waals surface area contributed by atoms with Gasteiger partial charge in [0.1, 0.15) is 11.9 Å². The number of aliphatic hydroxyl groups is 1. The van der Waals surface area contributed by atoms with Crippen molar-refractivity contribution in [2.45, 2.75) is 19.4 Å². The molecule has 0 aliphatic rings. The monoisotopic (exact) mass is 310 g/mol. The van der Waals surface area contributed by atoms with Gasteiger partial charge in [0.2, 0.25) is 0 Å². The van der Waals surface area contributed by atoms with Crippen LogP contribution >= 0.6 is 23.2 Å². The summed E-state index contributed by atoms with van der Waals surface area (Å²) in [7, 11) is 0. The maximum absolute atomic E-state index is 10.4. The van der Waals surface area contributed by atoms with Crippen molar-refractivity contribution in [1.82, 2.24) is 0 Å². The highest BCUT2D eigenvalue weighted by atomic mass is 35.5. The Morgan fingerprint density at radius 2 is 1.80 bits per heavy atom. The van der Waals surface area contributed by atoms with Crippen molar-refractivity contribution in [2.24, 2.45) is 0 Å². The molecule has 0 saturated heterocycles. The minimum absolute atomic E-state index is 0.455. The lowest BCUT2D eigenvalue weighted by atomic mass is 10.0. The zero-order valence-corrected chi connectivity index (χ0v) is 12.7. The van der Waals surface area contributed by atoms with Gasteiger partial charge >= 0.3 is 0 Å². The van der Waals surface area contributed by atoms with Gasteiger partial charge in [-0.15, -0.1) is 0 Å². The normalized spacial score (nSPS) is 12.2. The van der Waals surface area contributed by atoms with Gasteiger partial charge in [-0.1, -0.05) is 48.3 Å². The lowest BCUT2D eigenvalue weighted by Crippen LogP contribution is -2.01. The first-order valence-corrected chi connectivity index (χ1v) is 7.23. The highest BCUT2D eigenvalue weighted by molar-refractivity contribution is 6.35. The van der Waals surface area contributed by atoms with Crippen LogP contribution in [0.1, 0.15) is 30.6 Å². The summed E-state index contributed by atoms with van der Waals surface area (Å²) in [6, 6.07) is 12.4. The molecule has 0 fully saturated rings. The van der Waals surface area contributed by atoms with Gasteiger partial charge in [0.15, 0.2) is 0 Å². The smallest absolute Gasteiger partial charge is 0.119 e. The Morgan fingerprint density at radius 3 is 2.40 bits per heavy atom. The number of benzene rings is 2. The lowest BCUT2D eigenvalue weighted by molar-refractivity contribution is 0.220. The zero-order valence-electron chi connectivity index (χ0n) is 11.1. The predicted octanol–water partition coefficient (Wildman–Crippen LogP) is 4.86. The number of aliphatic hydroxyl groups excluding tert-OH is 1. The number of halogens is 2. The summed E-state index contributed by atoms with van der Waals surface area (Å²) in [6.45, 7) is 2.74. The van der Waals surface area contributed by atoms with E-state index < -0.39 is 6.10 Å². The number of hydrogen-bond donors (Lipinski definition) is 1. The fourth-order valence-corrected chi connectivity index (χ4v) is 2.38. The number of ether oxygens (including phenoxy) is 1. The molecule has 0 bridgehead atoms. The van der Waals surface area contributed by atoms with Crippen molar-refractivity contribution in [3.63, 3.8) is 0 Å². The molecule has 0 aliphatic carbocycles. The first-order chi connectivity index (χ1) is 9.61. The molecule has 2 rings (SSSR count). The summed E-state index contributed by atoms with van der Waals surface area (Å²) in [5.74, 6) is 0.796. The molecule has 1 N–H and O–H groups in total. The average Bonchev–Trinajstić information content (AvgIpc) is 2.45. The summed E-state index contributed by atoms with van der Waals surface area (Å²) in [4.78, 5) is 0. The van der Waals surface area contributed by atoms with Crippen molar-refractivity contribution in [1.29, 1.82) is 0 Å². The molecular formula is C16H16Cl2O2. The van der Waals surface area contributed by atoms with E-state index in [2.05, 4.69) is 6.92 Å². The second-order valence-corrected chi connectivity index (χ2v) is 5.33. The molecule has 0 saturated carbocycles. The van der Waals surface area contributed by atoms with Crippen LogP contribution in [0.15, 0.2) is 42.5 Å². The van der Waals surface area contributed by atoms with Gasteiger partial charge in [0.05, 0.1) is 6.61 Å². The van der Waals surface area contributed by atoms with Crippen molar-refractivity contribution in [3.05, 3.63) is 63.6 Å². The lowest BCUT2D eigenvalue weighted by Gasteiger charge is -2.14. The van der Waals surface area contributed by atoms with Gasteiger partial charge < -0.3 is 9.84 Å². The van der Waals surface area contributed by atoms with Crippen LogP contribution in [0.5, 0.6) is 5.75 Å². The fourth-order valence-electron chi connectivity index (χ4n) is 1.87. The van der Waals surface area contributed by atoms with Crippen LogP contribution in [0.3, 0.4) is 0 Å². The van der Waals surface area contributed by atoms with E-state index in [4.69, 9.17) is 27.9 Å². The zero-order chi connectivity index (χ0) is 14.5. The highest BCUT2D eigenvalue weighted by Gasteiger charge is 2.14. The van der Waals surface area contributed by atoms with E-state index in [0.29, 0.717) is 22.2 Å². The average molecular weight is 311 g/mol. The van der Waals surface area contributed by atoms with E-state index in [1.54, 1.807) is 18.2 Å². The summed E-state index contributed by atoms with van der Waals surface area (Å²) in [5.41, 5.74) is 1.40. The summed E-state index contributed by atoms with van der Waals surface area (Å²) < 4.78 is 5.51. The molecule has 1 unspecified atom stereocenters. The molecular weight excluding hydrogens is 295 g/mol. The van der Waals surface area contributed by atoms with Crippen LogP contribution in [0.4, 0.5) is 0 Å².